The molecule has 1 aromatic heterocycles. The van der Waals surface area contributed by atoms with E-state index in [-0.39, 0.29) is 11.9 Å². The van der Waals surface area contributed by atoms with Gasteiger partial charge in [-0.15, -0.1) is 0 Å². The average Bonchev–Trinajstić information content (AvgIpc) is 2.89. The van der Waals surface area contributed by atoms with Gasteiger partial charge in [0.2, 0.25) is 15.9 Å². The average molecular weight is 297 g/mol. The first-order valence-electron chi connectivity index (χ1n) is 6.56. The van der Waals surface area contributed by atoms with Crippen molar-refractivity contribution in [3.8, 4) is 0 Å². The van der Waals surface area contributed by atoms with E-state index in [2.05, 4.69) is 10.3 Å². The molecule has 7 heteroatoms. The van der Waals surface area contributed by atoms with Crippen molar-refractivity contribution in [1.29, 1.82) is 0 Å². The molecule has 110 valence electrons. The molecule has 0 bridgehead atoms. The van der Waals surface area contributed by atoms with Gasteiger partial charge in [0.1, 0.15) is 6.04 Å². The number of hydrogen-bond donors (Lipinski definition) is 1. The minimum atomic E-state index is -3.33. The third-order valence-corrected chi connectivity index (χ3v) is 4.79. The van der Waals surface area contributed by atoms with Crippen molar-refractivity contribution in [2.75, 3.05) is 12.8 Å². The standard InChI is InChI=1S/C13H19N3O3S/c1-10(11-5-7-14-8-6-11)15-13(17)12-4-3-9-16(12)20(2,18)19/h5-8,10,12H,3-4,9H2,1-2H3,(H,15,17)/t10-,12+/m0/s1. The van der Waals surface area contributed by atoms with E-state index in [1.807, 2.05) is 19.1 Å². The number of nitrogens with one attached hydrogen (secondary N) is 1. The zero-order chi connectivity index (χ0) is 14.8. The molecule has 6 nitrogen and oxygen atoms in total. The summed E-state index contributed by atoms with van der Waals surface area (Å²) < 4.78 is 24.6. The molecule has 0 radical (unpaired) electrons. The van der Waals surface area contributed by atoms with Crippen molar-refractivity contribution in [2.45, 2.75) is 31.8 Å². The molecule has 0 aliphatic carbocycles. The van der Waals surface area contributed by atoms with E-state index in [9.17, 15) is 13.2 Å². The Bertz CT molecular complexity index is 574. The lowest BCUT2D eigenvalue weighted by Crippen LogP contribution is -2.46. The maximum absolute atomic E-state index is 12.3. The van der Waals surface area contributed by atoms with Gasteiger partial charge in [-0.25, -0.2) is 8.42 Å². The van der Waals surface area contributed by atoms with Crippen molar-refractivity contribution in [1.82, 2.24) is 14.6 Å². The summed E-state index contributed by atoms with van der Waals surface area (Å²) in [4.78, 5) is 16.2. The summed E-state index contributed by atoms with van der Waals surface area (Å²) >= 11 is 0. The minimum Gasteiger partial charge on any atom is -0.348 e. The summed E-state index contributed by atoms with van der Waals surface area (Å²) in [6.45, 7) is 2.29. The monoisotopic (exact) mass is 297 g/mol. The summed E-state index contributed by atoms with van der Waals surface area (Å²) in [5.41, 5.74) is 0.942. The number of carbonyl (C=O) groups is 1. The molecule has 2 rings (SSSR count). The molecule has 1 saturated heterocycles. The van der Waals surface area contributed by atoms with Crippen molar-refractivity contribution in [2.24, 2.45) is 0 Å². The Hall–Kier alpha value is -1.47. The van der Waals surface area contributed by atoms with Crippen LogP contribution in [0.15, 0.2) is 24.5 Å². The van der Waals surface area contributed by atoms with Gasteiger partial charge in [0, 0.05) is 18.9 Å². The first-order chi connectivity index (χ1) is 9.39. The molecule has 1 fully saturated rings. The molecule has 0 aromatic carbocycles. The van der Waals surface area contributed by atoms with Gasteiger partial charge in [-0.1, -0.05) is 0 Å². The van der Waals surface area contributed by atoms with Gasteiger partial charge in [0.25, 0.3) is 0 Å². The number of aromatic nitrogens is 1. The maximum atomic E-state index is 12.3. The quantitative estimate of drug-likeness (QED) is 0.886. The molecule has 20 heavy (non-hydrogen) atoms. The fourth-order valence-corrected chi connectivity index (χ4v) is 3.57. The Morgan fingerprint density at radius 2 is 2.10 bits per heavy atom. The fourth-order valence-electron chi connectivity index (χ4n) is 2.44. The lowest BCUT2D eigenvalue weighted by atomic mass is 10.1. The Kier molecular flexibility index (Phi) is 4.39. The van der Waals surface area contributed by atoms with Gasteiger partial charge in [-0.3, -0.25) is 9.78 Å². The molecular formula is C13H19N3O3S. The first kappa shape index (κ1) is 14.9. The van der Waals surface area contributed by atoms with E-state index in [4.69, 9.17) is 0 Å². The van der Waals surface area contributed by atoms with Gasteiger partial charge in [0.05, 0.1) is 12.3 Å². The molecule has 1 aliphatic heterocycles. The van der Waals surface area contributed by atoms with Crippen molar-refractivity contribution in [3.63, 3.8) is 0 Å². The van der Waals surface area contributed by atoms with Crippen LogP contribution in [0.1, 0.15) is 31.4 Å². The van der Waals surface area contributed by atoms with Crippen LogP contribution >= 0.6 is 0 Å². The molecule has 2 atom stereocenters. The third kappa shape index (κ3) is 3.34. The largest absolute Gasteiger partial charge is 0.348 e. The van der Waals surface area contributed by atoms with Gasteiger partial charge < -0.3 is 5.32 Å². The van der Waals surface area contributed by atoms with Gasteiger partial charge in [-0.05, 0) is 37.5 Å². The van der Waals surface area contributed by atoms with Crippen LogP contribution in [0.2, 0.25) is 0 Å². The van der Waals surface area contributed by atoms with Gasteiger partial charge in [0.15, 0.2) is 0 Å². The van der Waals surface area contributed by atoms with Gasteiger partial charge in [-0.2, -0.15) is 4.31 Å². The SMILES string of the molecule is C[C@H](NC(=O)[C@H]1CCCN1S(C)(=O)=O)c1ccncc1. The molecule has 0 spiro atoms. The van der Waals surface area contributed by atoms with Crippen LogP contribution in [-0.4, -0.2) is 42.5 Å². The van der Waals surface area contributed by atoms with Crippen molar-refractivity contribution in [3.05, 3.63) is 30.1 Å². The molecule has 1 aromatic rings. The molecule has 1 N–H and O–H groups in total. The maximum Gasteiger partial charge on any atom is 0.238 e. The highest BCUT2D eigenvalue weighted by atomic mass is 32.2. The highest BCUT2D eigenvalue weighted by molar-refractivity contribution is 7.88. The number of sulfonamides is 1. The Morgan fingerprint density at radius 1 is 1.45 bits per heavy atom. The predicted molar refractivity (Wildman–Crippen MR) is 75.4 cm³/mol. The molecule has 1 amide bonds. The highest BCUT2D eigenvalue weighted by Crippen LogP contribution is 2.21. The number of pyridine rings is 1. The predicted octanol–water partition coefficient (Wildman–Crippen LogP) is 0.683. The number of amides is 1. The van der Waals surface area contributed by atoms with Crippen LogP contribution in [0.3, 0.4) is 0 Å². The normalized spacial score (nSPS) is 21.6. The summed E-state index contributed by atoms with van der Waals surface area (Å²) in [7, 11) is -3.33. The van der Waals surface area contributed by atoms with Crippen molar-refractivity contribution < 1.29 is 13.2 Å². The summed E-state index contributed by atoms with van der Waals surface area (Å²) in [6, 6.07) is 2.89. The smallest absolute Gasteiger partial charge is 0.238 e. The van der Waals surface area contributed by atoms with Crippen LogP contribution in [-0.2, 0) is 14.8 Å². The number of carbonyl (C=O) groups excluding carboxylic acids is 1. The number of hydrogen-bond acceptors (Lipinski definition) is 4. The van der Waals surface area contributed by atoms with Crippen molar-refractivity contribution >= 4 is 15.9 Å². The topological polar surface area (TPSA) is 79.4 Å². The van der Waals surface area contributed by atoms with E-state index in [0.717, 1.165) is 18.2 Å². The Morgan fingerprint density at radius 3 is 2.70 bits per heavy atom. The molecule has 0 saturated carbocycles. The molecular weight excluding hydrogens is 278 g/mol. The second-order valence-corrected chi connectivity index (χ2v) is 6.98. The zero-order valence-corrected chi connectivity index (χ0v) is 12.4. The summed E-state index contributed by atoms with van der Waals surface area (Å²) in [5, 5.41) is 2.87. The minimum absolute atomic E-state index is 0.174. The van der Waals surface area contributed by atoms with E-state index < -0.39 is 16.1 Å². The third-order valence-electron chi connectivity index (χ3n) is 3.50. The van der Waals surface area contributed by atoms with E-state index >= 15 is 0 Å². The van der Waals surface area contributed by atoms with E-state index in [1.165, 1.54) is 4.31 Å². The summed E-state index contributed by atoms with van der Waals surface area (Å²) in [6.07, 6.45) is 5.76. The molecule has 0 unspecified atom stereocenters. The molecule has 2 heterocycles. The van der Waals surface area contributed by atoms with Gasteiger partial charge >= 0.3 is 0 Å². The lowest BCUT2D eigenvalue weighted by Gasteiger charge is -2.23. The van der Waals surface area contributed by atoms with Crippen LogP contribution in [0, 0.1) is 0 Å². The fraction of sp³-hybridized carbons (Fsp3) is 0.538. The molecule has 1 aliphatic rings. The second kappa shape index (κ2) is 5.88. The van der Waals surface area contributed by atoms with E-state index in [0.29, 0.717) is 13.0 Å². The Labute approximate surface area is 119 Å². The van der Waals surface area contributed by atoms with E-state index in [1.54, 1.807) is 12.4 Å². The Balaban J connectivity index is 2.05. The summed E-state index contributed by atoms with van der Waals surface area (Å²) in [5.74, 6) is -0.239. The van der Waals surface area contributed by atoms with Crippen LogP contribution < -0.4 is 5.32 Å². The first-order valence-corrected chi connectivity index (χ1v) is 8.41. The lowest BCUT2D eigenvalue weighted by molar-refractivity contribution is -0.124. The number of nitrogens with zero attached hydrogens (tertiary/aromatic N) is 2. The van der Waals surface area contributed by atoms with Crippen LogP contribution in [0.4, 0.5) is 0 Å². The van der Waals surface area contributed by atoms with Crippen LogP contribution in [0.5, 0.6) is 0 Å². The highest BCUT2D eigenvalue weighted by Gasteiger charge is 2.36. The van der Waals surface area contributed by atoms with Crippen LogP contribution in [0.25, 0.3) is 0 Å². The number of rotatable bonds is 4. The second-order valence-electron chi connectivity index (χ2n) is 5.04. The zero-order valence-electron chi connectivity index (χ0n) is 11.6.